The van der Waals surface area contributed by atoms with Gasteiger partial charge in [0.1, 0.15) is 0 Å². The quantitative estimate of drug-likeness (QED) is 0.698. The first-order valence-corrected chi connectivity index (χ1v) is 9.03. The fraction of sp³-hybridized carbons (Fsp3) is 0.941. The van der Waals surface area contributed by atoms with Gasteiger partial charge in [0.05, 0.1) is 25.2 Å². The van der Waals surface area contributed by atoms with Crippen molar-refractivity contribution in [3.8, 4) is 0 Å². The smallest absolute Gasteiger partial charge is 0.226 e. The van der Waals surface area contributed by atoms with Crippen LogP contribution in [0.4, 0.5) is 0 Å². The molecule has 3 heterocycles. The maximum atomic E-state index is 12.5. The number of amides is 1. The molecule has 0 radical (unpaired) electrons. The Morgan fingerprint density at radius 2 is 1.95 bits per heavy atom. The molecule has 0 bridgehead atoms. The van der Waals surface area contributed by atoms with Gasteiger partial charge in [0.25, 0.3) is 0 Å². The van der Waals surface area contributed by atoms with Crippen molar-refractivity contribution in [2.45, 2.75) is 44.6 Å². The van der Waals surface area contributed by atoms with Crippen LogP contribution in [0.3, 0.4) is 0 Å². The van der Waals surface area contributed by atoms with Gasteiger partial charge in [-0.15, -0.1) is 0 Å². The van der Waals surface area contributed by atoms with Crippen LogP contribution in [0.15, 0.2) is 0 Å². The van der Waals surface area contributed by atoms with Crippen LogP contribution < -0.4 is 0 Å². The molecular weight excluding hydrogens is 280 g/mol. The molecule has 2 atom stereocenters. The number of rotatable bonds is 6. The van der Waals surface area contributed by atoms with Gasteiger partial charge < -0.3 is 19.3 Å². The molecule has 0 saturated carbocycles. The maximum absolute atomic E-state index is 12.5. The zero-order chi connectivity index (χ0) is 15.2. The molecule has 0 aromatic rings. The van der Waals surface area contributed by atoms with E-state index in [4.69, 9.17) is 9.47 Å². The van der Waals surface area contributed by atoms with Crippen LogP contribution in [0.1, 0.15) is 38.5 Å². The van der Waals surface area contributed by atoms with Crippen LogP contribution in [-0.2, 0) is 14.3 Å². The van der Waals surface area contributed by atoms with Gasteiger partial charge in [-0.2, -0.15) is 0 Å². The number of nitrogens with zero attached hydrogens (tertiary/aromatic N) is 2. The van der Waals surface area contributed by atoms with Crippen molar-refractivity contribution in [2.75, 3.05) is 52.5 Å². The first-order chi connectivity index (χ1) is 10.8. The van der Waals surface area contributed by atoms with Gasteiger partial charge in [0.2, 0.25) is 5.91 Å². The molecule has 126 valence electrons. The van der Waals surface area contributed by atoms with E-state index >= 15 is 0 Å². The van der Waals surface area contributed by atoms with Crippen molar-refractivity contribution < 1.29 is 14.3 Å². The lowest BCUT2D eigenvalue weighted by Gasteiger charge is -2.33. The Morgan fingerprint density at radius 1 is 1.09 bits per heavy atom. The second-order valence-corrected chi connectivity index (χ2v) is 6.88. The van der Waals surface area contributed by atoms with Gasteiger partial charge in [-0.3, -0.25) is 4.79 Å². The van der Waals surface area contributed by atoms with E-state index in [1.807, 2.05) is 0 Å². The number of ether oxygens (including phenoxy) is 2. The highest BCUT2D eigenvalue weighted by Gasteiger charge is 2.30. The van der Waals surface area contributed by atoms with E-state index in [-0.39, 0.29) is 5.92 Å². The van der Waals surface area contributed by atoms with Crippen LogP contribution in [0.5, 0.6) is 0 Å². The maximum Gasteiger partial charge on any atom is 0.226 e. The van der Waals surface area contributed by atoms with Crippen LogP contribution in [0.2, 0.25) is 0 Å². The highest BCUT2D eigenvalue weighted by molar-refractivity contribution is 5.79. The van der Waals surface area contributed by atoms with Crippen molar-refractivity contribution in [3.05, 3.63) is 0 Å². The zero-order valence-corrected chi connectivity index (χ0v) is 13.7. The monoisotopic (exact) mass is 310 g/mol. The Hall–Kier alpha value is -0.650. The summed E-state index contributed by atoms with van der Waals surface area (Å²) in [6.45, 7) is 7.27. The lowest BCUT2D eigenvalue weighted by molar-refractivity contribution is -0.136. The predicted molar refractivity (Wildman–Crippen MR) is 84.8 cm³/mol. The minimum absolute atomic E-state index is 0.213. The Kier molecular flexibility index (Phi) is 6.10. The summed E-state index contributed by atoms with van der Waals surface area (Å²) in [4.78, 5) is 17.0. The van der Waals surface area contributed by atoms with Gasteiger partial charge in [-0.05, 0) is 45.1 Å². The highest BCUT2D eigenvalue weighted by atomic mass is 16.5. The summed E-state index contributed by atoms with van der Waals surface area (Å²) in [5.41, 5.74) is 0. The van der Waals surface area contributed by atoms with Crippen LogP contribution in [0, 0.1) is 5.92 Å². The Morgan fingerprint density at radius 3 is 2.73 bits per heavy atom. The number of piperidine rings is 1. The molecule has 5 nitrogen and oxygen atoms in total. The van der Waals surface area contributed by atoms with Crippen molar-refractivity contribution >= 4 is 5.91 Å². The van der Waals surface area contributed by atoms with Crippen molar-refractivity contribution in [1.29, 1.82) is 0 Å². The third kappa shape index (κ3) is 4.43. The Balaban J connectivity index is 1.34. The van der Waals surface area contributed by atoms with Crippen molar-refractivity contribution in [3.63, 3.8) is 0 Å². The van der Waals surface area contributed by atoms with E-state index in [2.05, 4.69) is 9.80 Å². The predicted octanol–water partition coefficient (Wildman–Crippen LogP) is 1.52. The van der Waals surface area contributed by atoms with E-state index in [0.29, 0.717) is 12.0 Å². The number of carbonyl (C=O) groups is 1. The summed E-state index contributed by atoms with van der Waals surface area (Å²) < 4.78 is 11.3. The number of hydrogen-bond acceptors (Lipinski definition) is 4. The topological polar surface area (TPSA) is 42.0 Å². The average Bonchev–Trinajstić information content (AvgIpc) is 3.24. The second-order valence-electron chi connectivity index (χ2n) is 6.88. The van der Waals surface area contributed by atoms with E-state index < -0.39 is 0 Å². The normalized spacial score (nSPS) is 30.1. The summed E-state index contributed by atoms with van der Waals surface area (Å²) in [6, 6.07) is 0. The highest BCUT2D eigenvalue weighted by Crippen LogP contribution is 2.21. The first-order valence-electron chi connectivity index (χ1n) is 9.03. The molecule has 5 heteroatoms. The number of likely N-dealkylation sites (tertiary alicyclic amines) is 2. The molecule has 0 aromatic heterocycles. The fourth-order valence-corrected chi connectivity index (χ4v) is 3.84. The summed E-state index contributed by atoms with van der Waals surface area (Å²) in [6.07, 6.45) is 7.17. The van der Waals surface area contributed by atoms with Gasteiger partial charge in [-0.25, -0.2) is 0 Å². The largest absolute Gasteiger partial charge is 0.377 e. The second kappa shape index (κ2) is 8.27. The first kappa shape index (κ1) is 16.2. The number of carbonyl (C=O) groups excluding carboxylic acids is 1. The molecule has 22 heavy (non-hydrogen) atoms. The average molecular weight is 310 g/mol. The molecule has 1 amide bonds. The molecular formula is C17H30N2O3. The number of hydrogen-bond donors (Lipinski definition) is 0. The van der Waals surface area contributed by atoms with E-state index in [1.165, 1.54) is 19.3 Å². The molecule has 0 N–H and O–H groups in total. The molecule has 0 aromatic carbocycles. The molecule has 0 aliphatic carbocycles. The molecule has 3 saturated heterocycles. The fourth-order valence-electron chi connectivity index (χ4n) is 3.84. The molecule has 3 fully saturated rings. The van der Waals surface area contributed by atoms with Gasteiger partial charge in [-0.1, -0.05) is 0 Å². The van der Waals surface area contributed by atoms with E-state index in [1.54, 1.807) is 0 Å². The third-order valence-corrected chi connectivity index (χ3v) is 5.15. The summed E-state index contributed by atoms with van der Waals surface area (Å²) in [5, 5.41) is 0. The Bertz CT molecular complexity index is 352. The summed E-state index contributed by atoms with van der Waals surface area (Å²) in [5.74, 6) is 0.604. The Labute approximate surface area is 133 Å². The molecule has 0 spiro atoms. The van der Waals surface area contributed by atoms with Crippen LogP contribution in [0.25, 0.3) is 0 Å². The van der Waals surface area contributed by atoms with Gasteiger partial charge >= 0.3 is 0 Å². The minimum atomic E-state index is 0.213. The molecule has 0 unspecified atom stereocenters. The van der Waals surface area contributed by atoms with Gasteiger partial charge in [0.15, 0.2) is 0 Å². The molecule has 3 aliphatic rings. The summed E-state index contributed by atoms with van der Waals surface area (Å²) in [7, 11) is 0. The lowest BCUT2D eigenvalue weighted by atomic mass is 9.96. The van der Waals surface area contributed by atoms with E-state index in [0.717, 1.165) is 71.8 Å². The van der Waals surface area contributed by atoms with Crippen molar-refractivity contribution in [1.82, 2.24) is 9.80 Å². The zero-order valence-electron chi connectivity index (χ0n) is 13.7. The van der Waals surface area contributed by atoms with Gasteiger partial charge in [0, 0.05) is 32.8 Å². The van der Waals surface area contributed by atoms with Crippen LogP contribution >= 0.6 is 0 Å². The molecule has 3 aliphatic heterocycles. The van der Waals surface area contributed by atoms with Crippen LogP contribution in [-0.4, -0.2) is 74.4 Å². The third-order valence-electron chi connectivity index (χ3n) is 5.15. The summed E-state index contributed by atoms with van der Waals surface area (Å²) >= 11 is 0. The minimum Gasteiger partial charge on any atom is -0.377 e. The SMILES string of the molecule is O=C([C@@H]1CCCN(CCOC[C@@H]2CCCO2)C1)N1CCCC1. The lowest BCUT2D eigenvalue weighted by Crippen LogP contribution is -2.45. The van der Waals surface area contributed by atoms with Crippen molar-refractivity contribution in [2.24, 2.45) is 5.92 Å². The molecule has 3 rings (SSSR count). The standard InChI is InChI=1S/C17H30N2O3/c20-17(19-8-1-2-9-19)15-5-3-7-18(13-15)10-12-21-14-16-6-4-11-22-16/h15-16H,1-14H2/t15-,16+/m1/s1. The van der Waals surface area contributed by atoms with E-state index in [9.17, 15) is 4.79 Å².